The van der Waals surface area contributed by atoms with Crippen LogP contribution in [0.5, 0.6) is 0 Å². The number of nitrogens with two attached hydrogens (primary N) is 1. The maximum atomic E-state index is 11.9. The second-order valence-electron chi connectivity index (χ2n) is 4.63. The number of ether oxygens (including phenoxy) is 1. The molecule has 20 heavy (non-hydrogen) atoms. The van der Waals surface area contributed by atoms with Crippen LogP contribution >= 0.6 is 0 Å². The Morgan fingerprint density at radius 2 is 2.00 bits per heavy atom. The molecule has 0 saturated heterocycles. The van der Waals surface area contributed by atoms with Gasteiger partial charge in [0.05, 0.1) is 7.11 Å². The van der Waals surface area contributed by atoms with E-state index in [1.54, 1.807) is 4.68 Å². The highest BCUT2D eigenvalue weighted by Crippen LogP contribution is 2.27. The van der Waals surface area contributed by atoms with E-state index in [0.29, 0.717) is 11.6 Å². The lowest BCUT2D eigenvalue weighted by molar-refractivity contribution is 0.0603. The molecular weight excluding hydrogens is 256 g/mol. The van der Waals surface area contributed by atoms with Crippen molar-refractivity contribution in [3.63, 3.8) is 0 Å². The van der Waals surface area contributed by atoms with Gasteiger partial charge in [0.2, 0.25) is 0 Å². The first-order valence-electron chi connectivity index (χ1n) is 6.33. The van der Waals surface area contributed by atoms with Crippen LogP contribution in [0.2, 0.25) is 0 Å². The number of carbonyl (C=O) groups is 1. The molecule has 0 bridgehead atoms. The lowest BCUT2D eigenvalue weighted by Crippen LogP contribution is -2.10. The maximum absolute atomic E-state index is 11.9. The normalized spacial score (nSPS) is 10.6. The molecule has 0 unspecified atom stereocenters. The summed E-state index contributed by atoms with van der Waals surface area (Å²) in [6.45, 7) is 3.88. The van der Waals surface area contributed by atoms with Crippen LogP contribution in [0.25, 0.3) is 0 Å². The second-order valence-corrected chi connectivity index (χ2v) is 4.63. The van der Waals surface area contributed by atoms with Crippen LogP contribution in [0.15, 0.2) is 30.3 Å². The van der Waals surface area contributed by atoms with E-state index in [1.165, 1.54) is 7.11 Å². The molecule has 0 aliphatic heterocycles. The number of aromatic nitrogens is 2. The Bertz CT molecular complexity index is 605. The van der Waals surface area contributed by atoms with E-state index in [2.05, 4.69) is 10.4 Å². The molecule has 3 N–H and O–H groups in total. The van der Waals surface area contributed by atoms with E-state index in [4.69, 9.17) is 10.5 Å². The number of hydrogen-bond acceptors (Lipinski definition) is 5. The number of methoxy groups -OCH3 is 1. The fraction of sp³-hybridized carbons (Fsp3) is 0.286. The van der Waals surface area contributed by atoms with Gasteiger partial charge in [-0.05, 0) is 26.0 Å². The molecule has 0 saturated carbocycles. The van der Waals surface area contributed by atoms with Crippen molar-refractivity contribution in [1.29, 1.82) is 0 Å². The average Bonchev–Trinajstić information content (AvgIpc) is 2.76. The fourth-order valence-electron chi connectivity index (χ4n) is 1.89. The summed E-state index contributed by atoms with van der Waals surface area (Å²) < 4.78 is 6.37. The number of rotatable bonds is 4. The Labute approximate surface area is 117 Å². The first-order chi connectivity index (χ1) is 9.54. The molecule has 0 fully saturated rings. The van der Waals surface area contributed by atoms with E-state index in [1.807, 2.05) is 44.2 Å². The number of nitrogens with one attached hydrogen (secondary N) is 1. The smallest absolute Gasteiger partial charge is 0.345 e. The van der Waals surface area contributed by atoms with Gasteiger partial charge in [-0.3, -0.25) is 0 Å². The van der Waals surface area contributed by atoms with E-state index in [-0.39, 0.29) is 11.6 Å². The average molecular weight is 274 g/mol. The number of benzene rings is 1. The molecule has 0 aliphatic carbocycles. The van der Waals surface area contributed by atoms with Crippen molar-refractivity contribution in [2.45, 2.75) is 19.9 Å². The predicted octanol–water partition coefficient (Wildman–Crippen LogP) is 2.58. The van der Waals surface area contributed by atoms with Gasteiger partial charge in [-0.15, -0.1) is 0 Å². The molecule has 106 valence electrons. The molecule has 0 amide bonds. The summed E-state index contributed by atoms with van der Waals surface area (Å²) in [5, 5.41) is 7.44. The largest absolute Gasteiger partial charge is 0.465 e. The zero-order valence-corrected chi connectivity index (χ0v) is 11.8. The third-order valence-electron chi connectivity index (χ3n) is 2.86. The first kappa shape index (κ1) is 13.9. The predicted molar refractivity (Wildman–Crippen MR) is 78.1 cm³/mol. The third kappa shape index (κ3) is 2.59. The van der Waals surface area contributed by atoms with Crippen LogP contribution in [0.4, 0.5) is 17.3 Å². The van der Waals surface area contributed by atoms with Crippen LogP contribution in [-0.4, -0.2) is 22.9 Å². The van der Waals surface area contributed by atoms with Gasteiger partial charge in [0, 0.05) is 11.7 Å². The van der Waals surface area contributed by atoms with E-state index in [9.17, 15) is 4.79 Å². The minimum absolute atomic E-state index is 0.0460. The van der Waals surface area contributed by atoms with Crippen molar-refractivity contribution in [2.75, 3.05) is 18.2 Å². The number of hydrogen-bond donors (Lipinski definition) is 2. The van der Waals surface area contributed by atoms with E-state index in [0.717, 1.165) is 5.69 Å². The Balaban J connectivity index is 2.46. The lowest BCUT2D eigenvalue weighted by Gasteiger charge is -2.07. The minimum atomic E-state index is -0.507. The molecule has 0 atom stereocenters. The van der Waals surface area contributed by atoms with Crippen molar-refractivity contribution >= 4 is 23.3 Å². The molecule has 0 aliphatic rings. The number of para-hydroxylation sites is 1. The second kappa shape index (κ2) is 5.64. The van der Waals surface area contributed by atoms with Gasteiger partial charge in [-0.2, -0.15) is 5.10 Å². The standard InChI is InChI=1S/C14H18N4O2/c1-9(2)18-12(15)11(14(19)20-3)13(17-18)16-10-7-5-4-6-8-10/h4-9H,15H2,1-3H3,(H,16,17). The zero-order valence-electron chi connectivity index (χ0n) is 11.8. The SMILES string of the molecule is COC(=O)c1c(Nc2ccccc2)nn(C(C)C)c1N. The van der Waals surface area contributed by atoms with Crippen LogP contribution in [-0.2, 0) is 4.74 Å². The van der Waals surface area contributed by atoms with Crippen LogP contribution < -0.4 is 11.1 Å². The van der Waals surface area contributed by atoms with Crippen molar-refractivity contribution in [3.05, 3.63) is 35.9 Å². The highest BCUT2D eigenvalue weighted by molar-refractivity contribution is 6.00. The number of carbonyl (C=O) groups excluding carboxylic acids is 1. The van der Waals surface area contributed by atoms with Crippen LogP contribution in [0.3, 0.4) is 0 Å². The topological polar surface area (TPSA) is 82.2 Å². The van der Waals surface area contributed by atoms with Crippen LogP contribution in [0.1, 0.15) is 30.2 Å². The van der Waals surface area contributed by atoms with Gasteiger partial charge in [-0.25, -0.2) is 9.48 Å². The summed E-state index contributed by atoms with van der Waals surface area (Å²) in [6.07, 6.45) is 0. The first-order valence-corrected chi connectivity index (χ1v) is 6.33. The molecule has 0 radical (unpaired) electrons. The van der Waals surface area contributed by atoms with Gasteiger partial charge >= 0.3 is 5.97 Å². The van der Waals surface area contributed by atoms with Gasteiger partial charge in [0.25, 0.3) is 0 Å². The van der Waals surface area contributed by atoms with Gasteiger partial charge in [0.1, 0.15) is 11.4 Å². The van der Waals surface area contributed by atoms with Crippen molar-refractivity contribution in [1.82, 2.24) is 9.78 Å². The lowest BCUT2D eigenvalue weighted by atomic mass is 10.2. The Kier molecular flexibility index (Phi) is 3.93. The molecule has 1 heterocycles. The molecule has 6 heteroatoms. The van der Waals surface area contributed by atoms with Gasteiger partial charge < -0.3 is 15.8 Å². The quantitative estimate of drug-likeness (QED) is 0.837. The summed E-state index contributed by atoms with van der Waals surface area (Å²) in [5.41, 5.74) is 7.07. The van der Waals surface area contributed by atoms with Crippen molar-refractivity contribution < 1.29 is 9.53 Å². The van der Waals surface area contributed by atoms with Gasteiger partial charge in [-0.1, -0.05) is 18.2 Å². The number of nitrogens with zero attached hydrogens (tertiary/aromatic N) is 2. The Morgan fingerprint density at radius 1 is 1.35 bits per heavy atom. The number of esters is 1. The summed E-state index contributed by atoms with van der Waals surface area (Å²) in [5.74, 6) is 0.187. The summed E-state index contributed by atoms with van der Waals surface area (Å²) in [7, 11) is 1.32. The molecule has 0 spiro atoms. The van der Waals surface area contributed by atoms with Crippen molar-refractivity contribution in [3.8, 4) is 0 Å². The van der Waals surface area contributed by atoms with Crippen molar-refractivity contribution in [2.24, 2.45) is 0 Å². The summed E-state index contributed by atoms with van der Waals surface area (Å²) in [4.78, 5) is 11.9. The number of anilines is 3. The highest BCUT2D eigenvalue weighted by atomic mass is 16.5. The molecule has 2 aromatic rings. The van der Waals surface area contributed by atoms with Gasteiger partial charge in [0.15, 0.2) is 5.82 Å². The third-order valence-corrected chi connectivity index (χ3v) is 2.86. The summed E-state index contributed by atoms with van der Waals surface area (Å²) in [6, 6.07) is 9.50. The maximum Gasteiger partial charge on any atom is 0.345 e. The van der Waals surface area contributed by atoms with E-state index < -0.39 is 5.97 Å². The summed E-state index contributed by atoms with van der Waals surface area (Å²) >= 11 is 0. The monoisotopic (exact) mass is 274 g/mol. The molecule has 2 rings (SSSR count). The zero-order chi connectivity index (χ0) is 14.7. The number of nitrogen functional groups attached to an aromatic ring is 1. The molecular formula is C14H18N4O2. The molecule has 1 aromatic heterocycles. The Hall–Kier alpha value is -2.50. The minimum Gasteiger partial charge on any atom is -0.465 e. The molecule has 1 aromatic carbocycles. The fourth-order valence-corrected chi connectivity index (χ4v) is 1.89. The van der Waals surface area contributed by atoms with E-state index >= 15 is 0 Å². The Morgan fingerprint density at radius 3 is 2.55 bits per heavy atom. The highest BCUT2D eigenvalue weighted by Gasteiger charge is 2.24. The molecule has 6 nitrogen and oxygen atoms in total. The van der Waals surface area contributed by atoms with Crippen LogP contribution in [0, 0.1) is 0 Å².